The van der Waals surface area contributed by atoms with Gasteiger partial charge in [0, 0.05) is 10.9 Å². The predicted octanol–water partition coefficient (Wildman–Crippen LogP) is 2.59. The second-order valence-corrected chi connectivity index (χ2v) is 3.41. The lowest BCUT2D eigenvalue weighted by atomic mass is 10.1. The molecule has 0 bridgehead atoms. The molecule has 0 saturated carbocycles. The molecule has 1 rings (SSSR count). The molecule has 2 heteroatoms. The highest BCUT2D eigenvalue weighted by atomic mass is 32.2. The average Bonchev–Trinajstić information content (AvgIpc) is 2.17. The predicted molar refractivity (Wildman–Crippen MR) is 55.3 cm³/mol. The summed E-state index contributed by atoms with van der Waals surface area (Å²) in [5.74, 6) is 0. The molecule has 12 heavy (non-hydrogen) atoms. The van der Waals surface area contributed by atoms with Crippen LogP contribution in [-0.2, 0) is 0 Å². The second kappa shape index (κ2) is 4.33. The van der Waals surface area contributed by atoms with Gasteiger partial charge in [-0.25, -0.2) is 0 Å². The van der Waals surface area contributed by atoms with Gasteiger partial charge in [0.25, 0.3) is 0 Å². The van der Waals surface area contributed by atoms with Crippen molar-refractivity contribution in [2.24, 2.45) is 5.73 Å². The molecule has 0 aromatic heterocycles. The third kappa shape index (κ3) is 2.13. The Morgan fingerprint density at radius 2 is 2.00 bits per heavy atom. The molecule has 1 aromatic carbocycles. The molecule has 0 fully saturated rings. The third-order valence-corrected chi connectivity index (χ3v) is 2.50. The Kier molecular flexibility index (Phi) is 3.38. The summed E-state index contributed by atoms with van der Waals surface area (Å²) >= 11 is 1.73. The van der Waals surface area contributed by atoms with E-state index in [0.29, 0.717) is 0 Å². The Balaban J connectivity index is 2.84. The van der Waals surface area contributed by atoms with Crippen molar-refractivity contribution in [3.05, 3.63) is 42.5 Å². The van der Waals surface area contributed by atoms with E-state index < -0.39 is 0 Å². The number of hydrogen-bond donors (Lipinski definition) is 1. The SMILES string of the molecule is C=C[C@@H](N)c1ccc(SC)cc1. The molecule has 2 N–H and O–H groups in total. The van der Waals surface area contributed by atoms with Crippen molar-refractivity contribution in [3.63, 3.8) is 0 Å². The van der Waals surface area contributed by atoms with Gasteiger partial charge in [0.05, 0.1) is 0 Å². The monoisotopic (exact) mass is 179 g/mol. The van der Waals surface area contributed by atoms with E-state index >= 15 is 0 Å². The molecule has 0 heterocycles. The summed E-state index contributed by atoms with van der Waals surface area (Å²) in [6, 6.07) is 8.18. The van der Waals surface area contributed by atoms with E-state index in [1.165, 1.54) is 4.90 Å². The van der Waals surface area contributed by atoms with Crippen molar-refractivity contribution in [1.82, 2.24) is 0 Å². The van der Waals surface area contributed by atoms with Gasteiger partial charge in [-0.3, -0.25) is 0 Å². The summed E-state index contributed by atoms with van der Waals surface area (Å²) in [6.45, 7) is 3.65. The zero-order chi connectivity index (χ0) is 8.97. The van der Waals surface area contributed by atoms with Crippen LogP contribution < -0.4 is 5.73 Å². The van der Waals surface area contributed by atoms with Gasteiger partial charge in [0.1, 0.15) is 0 Å². The number of nitrogens with two attached hydrogens (primary N) is 1. The maximum atomic E-state index is 5.76. The van der Waals surface area contributed by atoms with E-state index in [1.54, 1.807) is 17.8 Å². The number of thioether (sulfide) groups is 1. The maximum absolute atomic E-state index is 5.76. The lowest BCUT2D eigenvalue weighted by Crippen LogP contribution is -2.05. The first-order chi connectivity index (χ1) is 5.77. The molecule has 0 unspecified atom stereocenters. The highest BCUT2D eigenvalue weighted by Crippen LogP contribution is 2.17. The average molecular weight is 179 g/mol. The zero-order valence-electron chi connectivity index (χ0n) is 7.16. The Morgan fingerprint density at radius 1 is 1.42 bits per heavy atom. The zero-order valence-corrected chi connectivity index (χ0v) is 7.97. The lowest BCUT2D eigenvalue weighted by molar-refractivity contribution is 0.912. The first kappa shape index (κ1) is 9.36. The van der Waals surface area contributed by atoms with E-state index in [2.05, 4.69) is 25.0 Å². The van der Waals surface area contributed by atoms with Crippen molar-refractivity contribution in [3.8, 4) is 0 Å². The van der Waals surface area contributed by atoms with Crippen molar-refractivity contribution < 1.29 is 0 Å². The molecule has 0 saturated heterocycles. The summed E-state index contributed by atoms with van der Waals surface area (Å²) in [4.78, 5) is 1.26. The Morgan fingerprint density at radius 3 is 2.42 bits per heavy atom. The van der Waals surface area contributed by atoms with Crippen LogP contribution in [0.5, 0.6) is 0 Å². The Hall–Kier alpha value is -0.730. The van der Waals surface area contributed by atoms with Crippen molar-refractivity contribution in [1.29, 1.82) is 0 Å². The maximum Gasteiger partial charge on any atom is 0.0478 e. The minimum absolute atomic E-state index is 0.0408. The molecule has 0 aliphatic heterocycles. The van der Waals surface area contributed by atoms with E-state index in [9.17, 15) is 0 Å². The quantitative estimate of drug-likeness (QED) is 0.570. The Bertz CT molecular complexity index is 253. The highest BCUT2D eigenvalue weighted by Gasteiger charge is 1.99. The molecular weight excluding hydrogens is 166 g/mol. The van der Waals surface area contributed by atoms with Crippen LogP contribution in [0.4, 0.5) is 0 Å². The minimum Gasteiger partial charge on any atom is -0.321 e. The molecule has 0 aliphatic rings. The number of benzene rings is 1. The summed E-state index contributed by atoms with van der Waals surface area (Å²) < 4.78 is 0. The molecular formula is C10H13NS. The van der Waals surface area contributed by atoms with Crippen LogP contribution in [0, 0.1) is 0 Å². The fourth-order valence-electron chi connectivity index (χ4n) is 0.962. The lowest BCUT2D eigenvalue weighted by Gasteiger charge is -2.06. The molecule has 0 aliphatic carbocycles. The molecule has 0 spiro atoms. The normalized spacial score (nSPS) is 12.5. The van der Waals surface area contributed by atoms with Gasteiger partial charge in [-0.05, 0) is 24.0 Å². The summed E-state index contributed by atoms with van der Waals surface area (Å²) in [7, 11) is 0. The van der Waals surface area contributed by atoms with Gasteiger partial charge in [-0.1, -0.05) is 18.2 Å². The topological polar surface area (TPSA) is 26.0 Å². The number of hydrogen-bond acceptors (Lipinski definition) is 2. The summed E-state index contributed by atoms with van der Waals surface area (Å²) in [5, 5.41) is 0. The molecule has 0 radical (unpaired) electrons. The van der Waals surface area contributed by atoms with Gasteiger partial charge in [0.2, 0.25) is 0 Å². The smallest absolute Gasteiger partial charge is 0.0478 e. The van der Waals surface area contributed by atoms with E-state index in [-0.39, 0.29) is 6.04 Å². The van der Waals surface area contributed by atoms with Gasteiger partial charge >= 0.3 is 0 Å². The van der Waals surface area contributed by atoms with Crippen LogP contribution in [0.1, 0.15) is 11.6 Å². The number of rotatable bonds is 3. The first-order valence-corrected chi connectivity index (χ1v) is 5.02. The van der Waals surface area contributed by atoms with Crippen molar-refractivity contribution >= 4 is 11.8 Å². The van der Waals surface area contributed by atoms with Gasteiger partial charge < -0.3 is 5.73 Å². The molecule has 1 aromatic rings. The molecule has 64 valence electrons. The van der Waals surface area contributed by atoms with Crippen LogP contribution in [0.2, 0.25) is 0 Å². The van der Waals surface area contributed by atoms with Gasteiger partial charge in [0.15, 0.2) is 0 Å². The second-order valence-electron chi connectivity index (χ2n) is 2.53. The van der Waals surface area contributed by atoms with E-state index in [4.69, 9.17) is 5.73 Å². The van der Waals surface area contributed by atoms with Crippen LogP contribution in [0.25, 0.3) is 0 Å². The highest BCUT2D eigenvalue weighted by molar-refractivity contribution is 7.98. The standard InChI is InChI=1S/C10H13NS/c1-3-10(11)8-4-6-9(12-2)7-5-8/h3-7,10H,1,11H2,2H3/t10-/m1/s1. The van der Waals surface area contributed by atoms with E-state index in [1.807, 2.05) is 12.1 Å². The van der Waals surface area contributed by atoms with Crippen molar-refractivity contribution in [2.45, 2.75) is 10.9 Å². The fraction of sp³-hybridized carbons (Fsp3) is 0.200. The minimum atomic E-state index is -0.0408. The fourth-order valence-corrected chi connectivity index (χ4v) is 1.37. The first-order valence-electron chi connectivity index (χ1n) is 3.80. The van der Waals surface area contributed by atoms with Crippen LogP contribution >= 0.6 is 11.8 Å². The summed E-state index contributed by atoms with van der Waals surface area (Å²) in [6.07, 6.45) is 3.80. The molecule has 0 amide bonds. The summed E-state index contributed by atoms with van der Waals surface area (Å²) in [5.41, 5.74) is 6.87. The van der Waals surface area contributed by atoms with Crippen molar-refractivity contribution in [2.75, 3.05) is 6.26 Å². The largest absolute Gasteiger partial charge is 0.321 e. The third-order valence-electron chi connectivity index (χ3n) is 1.75. The molecule has 1 atom stereocenters. The van der Waals surface area contributed by atoms with Gasteiger partial charge in [-0.15, -0.1) is 18.3 Å². The van der Waals surface area contributed by atoms with Gasteiger partial charge in [-0.2, -0.15) is 0 Å². The van der Waals surface area contributed by atoms with Crippen LogP contribution in [-0.4, -0.2) is 6.26 Å². The van der Waals surface area contributed by atoms with Crippen LogP contribution in [0.3, 0.4) is 0 Å². The van der Waals surface area contributed by atoms with E-state index in [0.717, 1.165) is 5.56 Å². The Labute approximate surface area is 77.7 Å². The molecule has 1 nitrogen and oxygen atoms in total. The van der Waals surface area contributed by atoms with Crippen LogP contribution in [0.15, 0.2) is 41.8 Å².